The molecule has 1 heterocycles. The lowest BCUT2D eigenvalue weighted by molar-refractivity contribution is 0.443. The van der Waals surface area contributed by atoms with Gasteiger partial charge in [0.05, 0.1) is 0 Å². The highest BCUT2D eigenvalue weighted by atomic mass is 79.9. The molecule has 1 aliphatic rings. The van der Waals surface area contributed by atoms with Crippen molar-refractivity contribution in [3.05, 3.63) is 56.7 Å². The summed E-state index contributed by atoms with van der Waals surface area (Å²) in [4.78, 5) is 1.51. The largest absolute Gasteiger partial charge is 0.314 e. The molecule has 1 saturated carbocycles. The highest BCUT2D eigenvalue weighted by molar-refractivity contribution is 9.10. The van der Waals surface area contributed by atoms with Gasteiger partial charge in [-0.05, 0) is 73.7 Å². The van der Waals surface area contributed by atoms with E-state index in [0.717, 1.165) is 18.5 Å². The van der Waals surface area contributed by atoms with Crippen molar-refractivity contribution in [2.45, 2.75) is 38.1 Å². The molecule has 3 rings (SSSR count). The number of aryl methyl sites for hydroxylation is 1. The minimum Gasteiger partial charge on any atom is -0.314 e. The molecular formula is C18H22BrNS. The molecular weight excluding hydrogens is 342 g/mol. The van der Waals surface area contributed by atoms with Gasteiger partial charge in [0.2, 0.25) is 0 Å². The van der Waals surface area contributed by atoms with Crippen LogP contribution in [0, 0.1) is 5.92 Å². The highest BCUT2D eigenvalue weighted by Gasteiger charge is 2.22. The van der Waals surface area contributed by atoms with E-state index in [1.807, 2.05) is 11.3 Å². The first-order chi connectivity index (χ1) is 10.3. The van der Waals surface area contributed by atoms with Crippen molar-refractivity contribution in [3.8, 4) is 0 Å². The summed E-state index contributed by atoms with van der Waals surface area (Å²) in [5.41, 5.74) is 1.44. The molecule has 2 aromatic rings. The summed E-state index contributed by atoms with van der Waals surface area (Å²) >= 11 is 5.46. The number of rotatable bonds is 8. The quantitative estimate of drug-likeness (QED) is 0.691. The Morgan fingerprint density at radius 2 is 2.14 bits per heavy atom. The average molecular weight is 364 g/mol. The number of hydrogen-bond acceptors (Lipinski definition) is 2. The van der Waals surface area contributed by atoms with E-state index in [1.165, 1.54) is 47.0 Å². The molecule has 0 spiro atoms. The van der Waals surface area contributed by atoms with Crippen molar-refractivity contribution in [1.29, 1.82) is 0 Å². The maximum Gasteiger partial charge on any atom is 0.0177 e. The van der Waals surface area contributed by atoms with Crippen molar-refractivity contribution in [3.63, 3.8) is 0 Å². The van der Waals surface area contributed by atoms with Gasteiger partial charge in [-0.2, -0.15) is 0 Å². The number of benzene rings is 1. The van der Waals surface area contributed by atoms with Crippen molar-refractivity contribution in [2.75, 3.05) is 6.54 Å². The van der Waals surface area contributed by atoms with Crippen LogP contribution in [0.15, 0.2) is 46.3 Å². The number of nitrogens with one attached hydrogen (secondary N) is 1. The van der Waals surface area contributed by atoms with E-state index in [4.69, 9.17) is 0 Å². The lowest BCUT2D eigenvalue weighted by atomic mass is 9.94. The zero-order valence-electron chi connectivity index (χ0n) is 12.2. The van der Waals surface area contributed by atoms with E-state index in [1.54, 1.807) is 0 Å². The molecule has 112 valence electrons. The van der Waals surface area contributed by atoms with Crippen LogP contribution >= 0.6 is 27.3 Å². The van der Waals surface area contributed by atoms with E-state index in [9.17, 15) is 0 Å². The molecule has 1 atom stereocenters. The molecule has 1 unspecified atom stereocenters. The van der Waals surface area contributed by atoms with E-state index in [-0.39, 0.29) is 0 Å². The van der Waals surface area contributed by atoms with Crippen LogP contribution in [0.5, 0.6) is 0 Å². The monoisotopic (exact) mass is 363 g/mol. The summed E-state index contributed by atoms with van der Waals surface area (Å²) in [5, 5.41) is 5.89. The fourth-order valence-electron chi connectivity index (χ4n) is 2.70. The average Bonchev–Trinajstić information content (AvgIpc) is 3.16. The van der Waals surface area contributed by atoms with Gasteiger partial charge in [-0.25, -0.2) is 0 Å². The second kappa shape index (κ2) is 7.57. The molecule has 1 aromatic carbocycles. The second-order valence-corrected chi connectivity index (χ2v) is 7.95. The Balaban J connectivity index is 1.57. The van der Waals surface area contributed by atoms with Crippen LogP contribution in [-0.2, 0) is 12.8 Å². The summed E-state index contributed by atoms with van der Waals surface area (Å²) in [6.45, 7) is 1.16. The van der Waals surface area contributed by atoms with E-state index >= 15 is 0 Å². The summed E-state index contributed by atoms with van der Waals surface area (Å²) < 4.78 is 1.19. The topological polar surface area (TPSA) is 12.0 Å². The van der Waals surface area contributed by atoms with Crippen molar-refractivity contribution < 1.29 is 0 Å². The molecule has 0 saturated heterocycles. The van der Waals surface area contributed by atoms with Crippen molar-refractivity contribution in [1.82, 2.24) is 5.32 Å². The van der Waals surface area contributed by atoms with Gasteiger partial charge in [0.15, 0.2) is 0 Å². The zero-order valence-corrected chi connectivity index (χ0v) is 14.6. The number of hydrogen-bond donors (Lipinski definition) is 1. The number of thiophene rings is 1. The molecule has 1 N–H and O–H groups in total. The SMILES string of the molecule is Brc1cccc(CC(CCc2cccs2)CNC2CC2)c1. The van der Waals surface area contributed by atoms with Crippen LogP contribution in [-0.4, -0.2) is 12.6 Å². The molecule has 0 bridgehead atoms. The molecule has 1 aliphatic carbocycles. The Kier molecular flexibility index (Phi) is 5.50. The molecule has 1 fully saturated rings. The van der Waals surface area contributed by atoms with E-state index in [2.05, 4.69) is 63.0 Å². The van der Waals surface area contributed by atoms with Crippen molar-refractivity contribution in [2.24, 2.45) is 5.92 Å². The molecule has 3 heteroatoms. The lowest BCUT2D eigenvalue weighted by Gasteiger charge is -2.18. The second-order valence-electron chi connectivity index (χ2n) is 6.00. The molecule has 21 heavy (non-hydrogen) atoms. The standard InChI is InChI=1S/C18H22BrNS/c19-16-4-1-3-14(12-16)11-15(13-20-17-7-8-17)6-9-18-5-2-10-21-18/h1-5,10,12,15,17,20H,6-9,11,13H2. The summed E-state index contributed by atoms with van der Waals surface area (Å²) in [6, 6.07) is 14.0. The summed E-state index contributed by atoms with van der Waals surface area (Å²) in [7, 11) is 0. The van der Waals surface area contributed by atoms with Crippen LogP contribution in [0.2, 0.25) is 0 Å². The Morgan fingerprint density at radius 1 is 1.24 bits per heavy atom. The molecule has 0 radical (unpaired) electrons. The minimum absolute atomic E-state index is 0.724. The summed E-state index contributed by atoms with van der Waals surface area (Å²) in [6.07, 6.45) is 6.39. The first-order valence-electron chi connectivity index (χ1n) is 7.80. The first kappa shape index (κ1) is 15.3. The Bertz CT molecular complexity index is 548. The number of halogens is 1. The van der Waals surface area contributed by atoms with Crippen LogP contribution in [0.1, 0.15) is 29.7 Å². The van der Waals surface area contributed by atoms with Crippen LogP contribution in [0.4, 0.5) is 0 Å². The highest BCUT2D eigenvalue weighted by Crippen LogP contribution is 2.23. The lowest BCUT2D eigenvalue weighted by Crippen LogP contribution is -2.26. The van der Waals surface area contributed by atoms with Crippen LogP contribution in [0.25, 0.3) is 0 Å². The predicted octanol–water partition coefficient (Wildman–Crippen LogP) is 5.05. The Hall–Kier alpha value is -0.640. The predicted molar refractivity (Wildman–Crippen MR) is 95.0 cm³/mol. The Labute approximate surface area is 139 Å². The van der Waals surface area contributed by atoms with Gasteiger partial charge in [-0.1, -0.05) is 34.1 Å². The van der Waals surface area contributed by atoms with E-state index in [0.29, 0.717) is 0 Å². The third kappa shape index (κ3) is 5.24. The van der Waals surface area contributed by atoms with E-state index < -0.39 is 0 Å². The summed E-state index contributed by atoms with van der Waals surface area (Å²) in [5.74, 6) is 0.724. The van der Waals surface area contributed by atoms with Crippen LogP contribution < -0.4 is 5.32 Å². The fraction of sp³-hybridized carbons (Fsp3) is 0.444. The molecule has 0 amide bonds. The van der Waals surface area contributed by atoms with Gasteiger partial charge in [0.25, 0.3) is 0 Å². The molecule has 1 aromatic heterocycles. The first-order valence-corrected chi connectivity index (χ1v) is 9.47. The van der Waals surface area contributed by atoms with Gasteiger partial charge in [-0.3, -0.25) is 0 Å². The third-order valence-corrected chi connectivity index (χ3v) is 5.49. The zero-order chi connectivity index (χ0) is 14.5. The normalized spacial score (nSPS) is 16.0. The molecule has 1 nitrogen and oxygen atoms in total. The smallest absolute Gasteiger partial charge is 0.0177 e. The molecule has 0 aliphatic heterocycles. The Morgan fingerprint density at radius 3 is 2.86 bits per heavy atom. The van der Waals surface area contributed by atoms with Gasteiger partial charge < -0.3 is 5.32 Å². The third-order valence-electron chi connectivity index (χ3n) is 4.07. The maximum atomic E-state index is 3.71. The van der Waals surface area contributed by atoms with Gasteiger partial charge in [0, 0.05) is 15.4 Å². The van der Waals surface area contributed by atoms with Gasteiger partial charge >= 0.3 is 0 Å². The van der Waals surface area contributed by atoms with Gasteiger partial charge in [-0.15, -0.1) is 11.3 Å². The van der Waals surface area contributed by atoms with Crippen LogP contribution in [0.3, 0.4) is 0 Å². The van der Waals surface area contributed by atoms with Gasteiger partial charge in [0.1, 0.15) is 0 Å². The minimum atomic E-state index is 0.724. The fourth-order valence-corrected chi connectivity index (χ4v) is 3.87. The van der Waals surface area contributed by atoms with Crippen molar-refractivity contribution >= 4 is 27.3 Å². The maximum absolute atomic E-state index is 3.71.